The van der Waals surface area contributed by atoms with Crippen LogP contribution in [-0.4, -0.2) is 15.5 Å². The SMILES string of the molecule is COc1cc(CS(=O)(=O)Cl)ccc1C(F)(F)F. The highest BCUT2D eigenvalue weighted by atomic mass is 35.7. The molecule has 0 saturated heterocycles. The Morgan fingerprint density at radius 1 is 1.35 bits per heavy atom. The lowest BCUT2D eigenvalue weighted by molar-refractivity contribution is -0.138. The lowest BCUT2D eigenvalue weighted by Crippen LogP contribution is -2.08. The molecule has 17 heavy (non-hydrogen) atoms. The molecular weight excluding hydrogens is 281 g/mol. The molecule has 0 unspecified atom stereocenters. The van der Waals surface area contributed by atoms with Crippen molar-refractivity contribution in [3.8, 4) is 5.75 Å². The minimum absolute atomic E-state index is 0.129. The van der Waals surface area contributed by atoms with E-state index in [1.165, 1.54) is 0 Å². The van der Waals surface area contributed by atoms with Gasteiger partial charge in [-0.25, -0.2) is 8.42 Å². The predicted molar refractivity (Wildman–Crippen MR) is 56.5 cm³/mol. The van der Waals surface area contributed by atoms with Gasteiger partial charge >= 0.3 is 6.18 Å². The molecule has 0 N–H and O–H groups in total. The summed E-state index contributed by atoms with van der Waals surface area (Å²) >= 11 is 0. The molecule has 3 nitrogen and oxygen atoms in total. The van der Waals surface area contributed by atoms with Gasteiger partial charge in [-0.2, -0.15) is 13.2 Å². The second-order valence-electron chi connectivity index (χ2n) is 3.22. The average molecular weight is 289 g/mol. The van der Waals surface area contributed by atoms with Crippen molar-refractivity contribution in [2.75, 3.05) is 7.11 Å². The molecule has 1 aromatic rings. The Kier molecular flexibility index (Phi) is 3.93. The standard InChI is InChI=1S/C9H8ClF3O3S/c1-16-8-4-6(5-17(10,14)15)2-3-7(8)9(11,12)13/h2-4H,5H2,1H3. The zero-order chi connectivity index (χ0) is 13.3. The summed E-state index contributed by atoms with van der Waals surface area (Å²) in [4.78, 5) is 0. The number of benzene rings is 1. The number of methoxy groups -OCH3 is 1. The Labute approximate surface area is 101 Å². The van der Waals surface area contributed by atoms with Gasteiger partial charge in [0.25, 0.3) is 0 Å². The molecule has 0 fully saturated rings. The second kappa shape index (κ2) is 4.73. The van der Waals surface area contributed by atoms with Gasteiger partial charge in [-0.15, -0.1) is 0 Å². The quantitative estimate of drug-likeness (QED) is 0.803. The van der Waals surface area contributed by atoms with Gasteiger partial charge in [0.05, 0.1) is 18.4 Å². The molecule has 0 atom stereocenters. The highest BCUT2D eigenvalue weighted by Gasteiger charge is 2.34. The van der Waals surface area contributed by atoms with Crippen LogP contribution in [-0.2, 0) is 21.0 Å². The van der Waals surface area contributed by atoms with Crippen LogP contribution in [0.2, 0.25) is 0 Å². The Morgan fingerprint density at radius 2 is 1.94 bits per heavy atom. The van der Waals surface area contributed by atoms with E-state index in [4.69, 9.17) is 10.7 Å². The lowest BCUT2D eigenvalue weighted by Gasteiger charge is -2.12. The first-order valence-corrected chi connectivity index (χ1v) is 6.78. The topological polar surface area (TPSA) is 43.4 Å². The third-order valence-electron chi connectivity index (χ3n) is 1.91. The summed E-state index contributed by atoms with van der Waals surface area (Å²) in [6.07, 6.45) is -4.55. The second-order valence-corrected chi connectivity index (χ2v) is 5.99. The van der Waals surface area contributed by atoms with Gasteiger partial charge in [0.1, 0.15) is 5.75 Å². The molecular formula is C9H8ClF3O3S. The van der Waals surface area contributed by atoms with Crippen LogP contribution < -0.4 is 4.74 Å². The molecule has 1 rings (SSSR count). The van der Waals surface area contributed by atoms with Crippen molar-refractivity contribution in [1.29, 1.82) is 0 Å². The molecule has 0 aliphatic heterocycles. The first-order chi connectivity index (χ1) is 7.63. The van der Waals surface area contributed by atoms with Gasteiger partial charge < -0.3 is 4.74 Å². The van der Waals surface area contributed by atoms with Gasteiger partial charge in [0.2, 0.25) is 9.05 Å². The first kappa shape index (κ1) is 14.1. The summed E-state index contributed by atoms with van der Waals surface area (Å²) in [7, 11) is 2.26. The van der Waals surface area contributed by atoms with Crippen LogP contribution in [0.15, 0.2) is 18.2 Å². The maximum absolute atomic E-state index is 12.5. The molecule has 96 valence electrons. The first-order valence-electron chi connectivity index (χ1n) is 4.30. The molecule has 1 aromatic carbocycles. The molecule has 0 aromatic heterocycles. The summed E-state index contributed by atoms with van der Waals surface area (Å²) in [6.45, 7) is 0. The van der Waals surface area contributed by atoms with E-state index in [0.717, 1.165) is 25.3 Å². The van der Waals surface area contributed by atoms with Crippen LogP contribution in [0, 0.1) is 0 Å². The average Bonchev–Trinajstić information content (AvgIpc) is 2.13. The van der Waals surface area contributed by atoms with Crippen molar-refractivity contribution in [3.63, 3.8) is 0 Å². The molecule has 0 radical (unpaired) electrons. The number of alkyl halides is 3. The highest BCUT2D eigenvalue weighted by molar-refractivity contribution is 8.13. The number of rotatable bonds is 3. The number of ether oxygens (including phenoxy) is 1. The molecule has 8 heteroatoms. The van der Waals surface area contributed by atoms with E-state index in [1.54, 1.807) is 0 Å². The molecule has 0 aliphatic carbocycles. The van der Waals surface area contributed by atoms with Crippen LogP contribution in [0.3, 0.4) is 0 Å². The summed E-state index contributed by atoms with van der Waals surface area (Å²) in [5.74, 6) is -0.987. The Bertz CT molecular complexity index is 511. The summed E-state index contributed by atoms with van der Waals surface area (Å²) < 4.78 is 63.6. The maximum Gasteiger partial charge on any atom is 0.419 e. The highest BCUT2D eigenvalue weighted by Crippen LogP contribution is 2.36. The zero-order valence-electron chi connectivity index (χ0n) is 8.58. The van der Waals surface area contributed by atoms with E-state index in [9.17, 15) is 21.6 Å². The Hall–Kier alpha value is -0.950. The van der Waals surface area contributed by atoms with Crippen molar-refractivity contribution < 1.29 is 26.3 Å². The fourth-order valence-electron chi connectivity index (χ4n) is 1.26. The summed E-state index contributed by atoms with van der Waals surface area (Å²) in [6, 6.07) is 2.81. The Morgan fingerprint density at radius 3 is 2.35 bits per heavy atom. The minimum Gasteiger partial charge on any atom is -0.496 e. The van der Waals surface area contributed by atoms with Crippen molar-refractivity contribution in [3.05, 3.63) is 29.3 Å². The van der Waals surface area contributed by atoms with Crippen molar-refractivity contribution in [1.82, 2.24) is 0 Å². The zero-order valence-corrected chi connectivity index (χ0v) is 10.2. The molecule has 0 heterocycles. The number of hydrogen-bond donors (Lipinski definition) is 0. The number of halogens is 4. The van der Waals surface area contributed by atoms with Crippen molar-refractivity contribution in [2.45, 2.75) is 11.9 Å². The van der Waals surface area contributed by atoms with Crippen LogP contribution in [0.1, 0.15) is 11.1 Å². The summed E-state index contributed by atoms with van der Waals surface area (Å²) in [5, 5.41) is 0. The maximum atomic E-state index is 12.5. The van der Waals surface area contributed by atoms with E-state index in [0.29, 0.717) is 0 Å². The van der Waals surface area contributed by atoms with Crippen LogP contribution in [0.5, 0.6) is 5.75 Å². The minimum atomic E-state index is -4.55. The van der Waals surface area contributed by atoms with Gasteiger partial charge in [0, 0.05) is 10.7 Å². The van der Waals surface area contributed by atoms with Gasteiger partial charge in [-0.1, -0.05) is 6.07 Å². The Balaban J connectivity index is 3.18. The molecule has 0 bridgehead atoms. The van der Waals surface area contributed by atoms with E-state index in [-0.39, 0.29) is 5.56 Å². The molecule has 0 spiro atoms. The normalized spacial score (nSPS) is 12.5. The van der Waals surface area contributed by atoms with Gasteiger partial charge in [-0.3, -0.25) is 0 Å². The van der Waals surface area contributed by atoms with Crippen molar-refractivity contribution in [2.24, 2.45) is 0 Å². The van der Waals surface area contributed by atoms with Gasteiger partial charge in [0.15, 0.2) is 0 Å². The van der Waals surface area contributed by atoms with E-state index < -0.39 is 32.3 Å². The third-order valence-corrected chi connectivity index (χ3v) is 2.92. The van der Waals surface area contributed by atoms with Crippen LogP contribution >= 0.6 is 10.7 Å². The fraction of sp³-hybridized carbons (Fsp3) is 0.333. The summed E-state index contributed by atoms with van der Waals surface area (Å²) in [5.41, 5.74) is -0.833. The van der Waals surface area contributed by atoms with Crippen LogP contribution in [0.4, 0.5) is 13.2 Å². The monoisotopic (exact) mass is 288 g/mol. The van der Waals surface area contributed by atoms with E-state index in [1.807, 2.05) is 0 Å². The fourth-order valence-corrected chi connectivity index (χ4v) is 2.21. The predicted octanol–water partition coefficient (Wildman–Crippen LogP) is 2.78. The number of hydrogen-bond acceptors (Lipinski definition) is 3. The van der Waals surface area contributed by atoms with Gasteiger partial charge in [-0.05, 0) is 17.7 Å². The molecule has 0 aliphatic rings. The van der Waals surface area contributed by atoms with Crippen LogP contribution in [0.25, 0.3) is 0 Å². The largest absolute Gasteiger partial charge is 0.496 e. The van der Waals surface area contributed by atoms with E-state index >= 15 is 0 Å². The third kappa shape index (κ3) is 4.08. The molecule has 0 saturated carbocycles. The van der Waals surface area contributed by atoms with Crippen molar-refractivity contribution >= 4 is 19.7 Å². The lowest BCUT2D eigenvalue weighted by atomic mass is 10.1. The molecule has 0 amide bonds. The van der Waals surface area contributed by atoms with E-state index in [2.05, 4.69) is 4.74 Å². The smallest absolute Gasteiger partial charge is 0.419 e.